The van der Waals surface area contributed by atoms with Gasteiger partial charge in [-0.3, -0.25) is 37.3 Å². The van der Waals surface area contributed by atoms with Crippen molar-refractivity contribution in [1.82, 2.24) is 0 Å². The van der Waals surface area contributed by atoms with Gasteiger partial charge in [-0.1, -0.05) is 389 Å². The maximum atomic E-state index is 13.1. The smallest absolute Gasteiger partial charge is 0.462 e. The van der Waals surface area contributed by atoms with Crippen LogP contribution in [0.3, 0.4) is 0 Å². The van der Waals surface area contributed by atoms with Gasteiger partial charge in [0.1, 0.15) is 19.3 Å². The molecule has 0 heterocycles. The Morgan fingerprint density at radius 3 is 0.660 bits per heavy atom. The van der Waals surface area contributed by atoms with Crippen LogP contribution in [0.25, 0.3) is 0 Å². The molecule has 0 radical (unpaired) electrons. The van der Waals surface area contributed by atoms with Crippen molar-refractivity contribution in [3.8, 4) is 0 Å². The number of phosphoric ester groups is 2. The summed E-state index contributed by atoms with van der Waals surface area (Å²) in [5, 5.41) is 10.7. The maximum Gasteiger partial charge on any atom is 0.472 e. The average Bonchev–Trinajstić information content (AvgIpc) is 0.924. The van der Waals surface area contributed by atoms with E-state index in [1.54, 1.807) is 0 Å². The summed E-state index contributed by atoms with van der Waals surface area (Å²) < 4.78 is 68.9. The van der Waals surface area contributed by atoms with Crippen LogP contribution in [-0.2, 0) is 65.4 Å². The summed E-state index contributed by atoms with van der Waals surface area (Å²) in [5.41, 5.74) is 0. The average molecular weight is 1510 g/mol. The van der Waals surface area contributed by atoms with E-state index in [9.17, 15) is 43.2 Å². The second-order valence-electron chi connectivity index (χ2n) is 31.6. The van der Waals surface area contributed by atoms with Gasteiger partial charge in [0, 0.05) is 25.7 Å². The van der Waals surface area contributed by atoms with Crippen molar-refractivity contribution in [2.24, 2.45) is 17.8 Å². The Bertz CT molecular complexity index is 1990. The minimum absolute atomic E-state index is 0.108. The fourth-order valence-electron chi connectivity index (χ4n) is 13.0. The summed E-state index contributed by atoms with van der Waals surface area (Å²) in [5.74, 6) is 0.222. The quantitative estimate of drug-likeness (QED) is 0.0222. The summed E-state index contributed by atoms with van der Waals surface area (Å²) in [6.45, 7) is 12.0. The van der Waals surface area contributed by atoms with Gasteiger partial charge in [-0.2, -0.15) is 0 Å². The number of carbonyl (C=O) groups excluding carboxylic acids is 4. The zero-order valence-electron chi connectivity index (χ0n) is 67.8. The predicted molar refractivity (Wildman–Crippen MR) is 423 cm³/mol. The van der Waals surface area contributed by atoms with Gasteiger partial charge in [0.2, 0.25) is 0 Å². The van der Waals surface area contributed by atoms with Crippen molar-refractivity contribution in [2.45, 2.75) is 458 Å². The Kier molecular flexibility index (Phi) is 72.8. The predicted octanol–water partition coefficient (Wildman–Crippen LogP) is 25.3. The fraction of sp³-hybridized carbons (Fsp3) is 0.952. The van der Waals surface area contributed by atoms with Crippen molar-refractivity contribution in [2.75, 3.05) is 39.6 Å². The number of hydrogen-bond donors (Lipinski definition) is 3. The van der Waals surface area contributed by atoms with Crippen LogP contribution >= 0.6 is 15.6 Å². The summed E-state index contributed by atoms with van der Waals surface area (Å²) >= 11 is 0. The third-order valence-electron chi connectivity index (χ3n) is 19.6. The molecule has 0 saturated carbocycles. The zero-order valence-corrected chi connectivity index (χ0v) is 69.6. The van der Waals surface area contributed by atoms with E-state index in [0.29, 0.717) is 25.7 Å². The summed E-state index contributed by atoms with van der Waals surface area (Å²) in [6, 6.07) is 0. The number of carbonyl (C=O) groups is 4. The Morgan fingerprint density at radius 2 is 0.447 bits per heavy atom. The molecule has 0 amide bonds. The summed E-state index contributed by atoms with van der Waals surface area (Å²) in [6.07, 6.45) is 63.8. The number of unbranched alkanes of at least 4 members (excludes halogenated alkanes) is 50. The zero-order chi connectivity index (χ0) is 75.8. The lowest BCUT2D eigenvalue weighted by Crippen LogP contribution is -2.30. The number of esters is 4. The summed E-state index contributed by atoms with van der Waals surface area (Å²) in [4.78, 5) is 73.2. The number of rotatable bonds is 82. The Labute approximate surface area is 632 Å². The van der Waals surface area contributed by atoms with Gasteiger partial charge in [-0.05, 0) is 43.4 Å². The van der Waals surface area contributed by atoms with E-state index in [1.807, 2.05) is 0 Å². The van der Waals surface area contributed by atoms with Crippen LogP contribution in [0.2, 0.25) is 0 Å². The molecule has 612 valence electrons. The SMILES string of the molecule is CCCCCCCCCCCCCCCCCCCC(=O)O[C@H](COC(=O)CCCCCCCCCCC(C)C)COP(=O)(O)OC[C@H](O)COP(=O)(O)OC[C@@H](COC(=O)CCCCCCCCCCCCCCCCC(C)C)OC(=O)CCCCCCCCCCCCCCCCCC(C)C. The fourth-order valence-corrected chi connectivity index (χ4v) is 14.6. The van der Waals surface area contributed by atoms with Gasteiger partial charge in [0.05, 0.1) is 26.4 Å². The van der Waals surface area contributed by atoms with Gasteiger partial charge in [0.25, 0.3) is 0 Å². The highest BCUT2D eigenvalue weighted by molar-refractivity contribution is 7.47. The topological polar surface area (TPSA) is 237 Å². The third kappa shape index (κ3) is 78.0. The number of phosphoric acid groups is 2. The lowest BCUT2D eigenvalue weighted by molar-refractivity contribution is -0.161. The molecule has 19 heteroatoms. The van der Waals surface area contributed by atoms with E-state index in [2.05, 4.69) is 48.5 Å². The van der Waals surface area contributed by atoms with Crippen LogP contribution in [0.4, 0.5) is 0 Å². The Balaban J connectivity index is 5.25. The molecule has 5 atom stereocenters. The van der Waals surface area contributed by atoms with Crippen molar-refractivity contribution in [3.63, 3.8) is 0 Å². The molecule has 0 aliphatic carbocycles. The number of aliphatic hydroxyl groups excluding tert-OH is 1. The molecular weight excluding hydrogens is 1340 g/mol. The molecule has 3 N–H and O–H groups in total. The monoisotopic (exact) mass is 1510 g/mol. The molecule has 0 aromatic carbocycles. The first kappa shape index (κ1) is 101. The number of hydrogen-bond acceptors (Lipinski definition) is 15. The van der Waals surface area contributed by atoms with E-state index in [0.717, 1.165) is 108 Å². The summed E-state index contributed by atoms with van der Waals surface area (Å²) in [7, 11) is -9.93. The molecule has 0 spiro atoms. The second kappa shape index (κ2) is 74.2. The largest absolute Gasteiger partial charge is 0.472 e. The van der Waals surface area contributed by atoms with Crippen LogP contribution in [0, 0.1) is 17.8 Å². The van der Waals surface area contributed by atoms with E-state index in [-0.39, 0.29) is 25.7 Å². The molecule has 103 heavy (non-hydrogen) atoms. The van der Waals surface area contributed by atoms with E-state index < -0.39 is 97.5 Å². The van der Waals surface area contributed by atoms with E-state index in [1.165, 1.54) is 250 Å². The lowest BCUT2D eigenvalue weighted by Gasteiger charge is -2.21. The molecule has 0 aromatic rings. The molecule has 0 fully saturated rings. The highest BCUT2D eigenvalue weighted by Crippen LogP contribution is 2.45. The highest BCUT2D eigenvalue weighted by Gasteiger charge is 2.30. The van der Waals surface area contributed by atoms with Gasteiger partial charge in [-0.15, -0.1) is 0 Å². The second-order valence-corrected chi connectivity index (χ2v) is 34.6. The molecule has 0 bridgehead atoms. The van der Waals surface area contributed by atoms with Crippen molar-refractivity contribution in [3.05, 3.63) is 0 Å². The molecule has 0 saturated heterocycles. The molecule has 0 aromatic heterocycles. The van der Waals surface area contributed by atoms with Crippen LogP contribution in [0.15, 0.2) is 0 Å². The van der Waals surface area contributed by atoms with Gasteiger partial charge in [0.15, 0.2) is 12.2 Å². The van der Waals surface area contributed by atoms with Crippen molar-refractivity contribution in [1.29, 1.82) is 0 Å². The van der Waals surface area contributed by atoms with Crippen LogP contribution < -0.4 is 0 Å². The van der Waals surface area contributed by atoms with E-state index in [4.69, 9.17) is 37.0 Å². The molecule has 0 aliphatic heterocycles. The van der Waals surface area contributed by atoms with Gasteiger partial charge in [-0.25, -0.2) is 9.13 Å². The van der Waals surface area contributed by atoms with E-state index >= 15 is 0 Å². The number of ether oxygens (including phenoxy) is 4. The van der Waals surface area contributed by atoms with Crippen LogP contribution in [-0.4, -0.2) is 96.7 Å². The number of aliphatic hydroxyl groups is 1. The molecule has 0 rings (SSSR count). The molecular formula is C84H164O17P2. The first-order valence-corrected chi connectivity index (χ1v) is 46.3. The first-order valence-electron chi connectivity index (χ1n) is 43.3. The van der Waals surface area contributed by atoms with Gasteiger partial charge >= 0.3 is 39.5 Å². The Hall–Kier alpha value is -1.94. The van der Waals surface area contributed by atoms with Crippen molar-refractivity contribution >= 4 is 39.5 Å². The van der Waals surface area contributed by atoms with Crippen LogP contribution in [0.1, 0.15) is 440 Å². The highest BCUT2D eigenvalue weighted by atomic mass is 31.2. The lowest BCUT2D eigenvalue weighted by atomic mass is 10.0. The van der Waals surface area contributed by atoms with Gasteiger partial charge < -0.3 is 33.8 Å². The minimum Gasteiger partial charge on any atom is -0.462 e. The minimum atomic E-state index is -4.96. The molecule has 0 aliphatic rings. The standard InChI is InChI=1S/C84H164O17P2/c1-8-9-10-11-12-13-14-15-16-17-20-27-32-37-46-53-60-67-84(89)101-80(72-95-82(87)66-59-52-45-40-39-43-50-57-64-77(6)7)74-99-103(92,93)97-70-78(85)69-96-102(90,91)98-73-79(71-94-81(86)65-58-51-44-36-31-26-23-22-25-30-35-42-49-56-63-76(4)5)100-83(88)68-61-54-47-38-33-28-21-18-19-24-29-34-41-48-55-62-75(2)3/h75-80,85H,8-74H2,1-7H3,(H,90,91)(H,92,93)/t78-,79-,80-/m1/s1. The Morgan fingerprint density at radius 1 is 0.262 bits per heavy atom. The molecule has 17 nitrogen and oxygen atoms in total. The van der Waals surface area contributed by atoms with Crippen molar-refractivity contribution < 1.29 is 80.2 Å². The maximum absolute atomic E-state index is 13.1. The van der Waals surface area contributed by atoms with Crippen LogP contribution in [0.5, 0.6) is 0 Å². The first-order chi connectivity index (χ1) is 49.7. The normalized spacial score (nSPS) is 13.9. The third-order valence-corrected chi connectivity index (χ3v) is 21.5. The molecule has 2 unspecified atom stereocenters.